The van der Waals surface area contributed by atoms with E-state index in [2.05, 4.69) is 27.3 Å². The molecule has 0 bridgehead atoms. The number of rotatable bonds is 5. The summed E-state index contributed by atoms with van der Waals surface area (Å²) >= 11 is 3.26. The zero-order chi connectivity index (χ0) is 13.9. The van der Waals surface area contributed by atoms with E-state index in [4.69, 9.17) is 4.74 Å². The molecule has 0 amide bonds. The van der Waals surface area contributed by atoms with Crippen LogP contribution in [0.4, 0.5) is 4.39 Å². The lowest BCUT2D eigenvalue weighted by Crippen LogP contribution is -2.15. The summed E-state index contributed by atoms with van der Waals surface area (Å²) in [5.41, 5.74) is 1.17. The van der Waals surface area contributed by atoms with Gasteiger partial charge in [0.05, 0.1) is 0 Å². The Labute approximate surface area is 126 Å². The molecule has 1 fully saturated rings. The van der Waals surface area contributed by atoms with Crippen molar-refractivity contribution in [1.29, 1.82) is 0 Å². The van der Waals surface area contributed by atoms with Crippen LogP contribution in [0, 0.1) is 5.82 Å². The predicted molar refractivity (Wildman–Crippen MR) is 80.5 cm³/mol. The van der Waals surface area contributed by atoms with Crippen molar-refractivity contribution in [2.24, 2.45) is 0 Å². The third-order valence-corrected chi connectivity index (χ3v) is 3.60. The van der Waals surface area contributed by atoms with Gasteiger partial charge in [0, 0.05) is 23.1 Å². The van der Waals surface area contributed by atoms with E-state index < -0.39 is 0 Å². The van der Waals surface area contributed by atoms with E-state index in [-0.39, 0.29) is 5.82 Å². The van der Waals surface area contributed by atoms with Gasteiger partial charge in [-0.15, -0.1) is 0 Å². The molecular weight excluding hydrogens is 321 g/mol. The summed E-state index contributed by atoms with van der Waals surface area (Å²) in [7, 11) is 0. The number of ether oxygens (including phenoxy) is 1. The van der Waals surface area contributed by atoms with Gasteiger partial charge in [-0.2, -0.15) is 0 Å². The van der Waals surface area contributed by atoms with Gasteiger partial charge in [-0.25, -0.2) is 4.39 Å². The van der Waals surface area contributed by atoms with Crippen LogP contribution in [-0.4, -0.2) is 6.04 Å². The van der Waals surface area contributed by atoms with Gasteiger partial charge in [0.15, 0.2) is 0 Å². The largest absolute Gasteiger partial charge is 0.457 e. The first-order valence-corrected chi connectivity index (χ1v) is 7.44. The molecule has 0 aliphatic heterocycles. The molecule has 104 valence electrons. The Morgan fingerprint density at radius 1 is 1.15 bits per heavy atom. The number of benzene rings is 2. The Hall–Kier alpha value is -1.39. The Kier molecular flexibility index (Phi) is 4.03. The van der Waals surface area contributed by atoms with Gasteiger partial charge in [0.1, 0.15) is 17.3 Å². The molecule has 1 aliphatic rings. The van der Waals surface area contributed by atoms with Crippen LogP contribution in [0.2, 0.25) is 0 Å². The van der Waals surface area contributed by atoms with E-state index in [1.54, 1.807) is 6.07 Å². The highest BCUT2D eigenvalue weighted by atomic mass is 79.9. The molecule has 1 N–H and O–H groups in total. The first kappa shape index (κ1) is 13.6. The predicted octanol–water partition coefficient (Wildman–Crippen LogP) is 4.63. The second kappa shape index (κ2) is 5.94. The first-order valence-electron chi connectivity index (χ1n) is 6.65. The van der Waals surface area contributed by atoms with E-state index in [1.807, 2.05) is 18.2 Å². The van der Waals surface area contributed by atoms with Crippen LogP contribution in [0.3, 0.4) is 0 Å². The Morgan fingerprint density at radius 3 is 2.75 bits per heavy atom. The second-order valence-corrected chi connectivity index (χ2v) is 5.93. The molecule has 2 nitrogen and oxygen atoms in total. The van der Waals surface area contributed by atoms with Crippen LogP contribution in [0.1, 0.15) is 18.4 Å². The maximum Gasteiger partial charge on any atom is 0.131 e. The monoisotopic (exact) mass is 335 g/mol. The topological polar surface area (TPSA) is 21.3 Å². The normalized spacial score (nSPS) is 14.3. The second-order valence-electron chi connectivity index (χ2n) is 5.01. The number of hydrogen-bond acceptors (Lipinski definition) is 2. The van der Waals surface area contributed by atoms with Gasteiger partial charge in [0.2, 0.25) is 0 Å². The summed E-state index contributed by atoms with van der Waals surface area (Å²) in [6, 6.07) is 13.1. The highest BCUT2D eigenvalue weighted by Gasteiger charge is 2.19. The Balaban J connectivity index is 1.70. The lowest BCUT2D eigenvalue weighted by molar-refractivity contribution is 0.475. The van der Waals surface area contributed by atoms with Crippen LogP contribution in [-0.2, 0) is 6.54 Å². The quantitative estimate of drug-likeness (QED) is 0.859. The zero-order valence-corrected chi connectivity index (χ0v) is 12.5. The Bertz CT molecular complexity index is 593. The fourth-order valence-corrected chi connectivity index (χ4v) is 2.44. The van der Waals surface area contributed by atoms with Crippen LogP contribution in [0.15, 0.2) is 46.9 Å². The van der Waals surface area contributed by atoms with Crippen molar-refractivity contribution < 1.29 is 9.13 Å². The summed E-state index contributed by atoms with van der Waals surface area (Å²) in [4.78, 5) is 0. The summed E-state index contributed by atoms with van der Waals surface area (Å²) in [6.45, 7) is 0.842. The number of hydrogen-bond donors (Lipinski definition) is 1. The molecule has 1 saturated carbocycles. The molecule has 0 atom stereocenters. The molecule has 2 aromatic rings. The van der Waals surface area contributed by atoms with E-state index in [9.17, 15) is 4.39 Å². The highest BCUT2D eigenvalue weighted by Crippen LogP contribution is 2.27. The number of halogens is 2. The van der Waals surface area contributed by atoms with E-state index in [1.165, 1.54) is 30.5 Å². The van der Waals surface area contributed by atoms with Crippen LogP contribution in [0.25, 0.3) is 0 Å². The molecule has 4 heteroatoms. The van der Waals surface area contributed by atoms with E-state index in [0.29, 0.717) is 16.3 Å². The third-order valence-electron chi connectivity index (χ3n) is 3.14. The highest BCUT2D eigenvalue weighted by molar-refractivity contribution is 9.10. The van der Waals surface area contributed by atoms with Crippen molar-refractivity contribution in [2.75, 3.05) is 0 Å². The molecule has 0 radical (unpaired) electrons. The molecule has 0 spiro atoms. The van der Waals surface area contributed by atoms with Gasteiger partial charge in [0.25, 0.3) is 0 Å². The fourth-order valence-electron chi connectivity index (χ4n) is 1.99. The van der Waals surface area contributed by atoms with E-state index >= 15 is 0 Å². The van der Waals surface area contributed by atoms with Gasteiger partial charge in [-0.05, 0) is 42.7 Å². The molecular formula is C16H15BrFNO. The van der Waals surface area contributed by atoms with Crippen molar-refractivity contribution >= 4 is 15.9 Å². The molecule has 0 saturated heterocycles. The van der Waals surface area contributed by atoms with Crippen molar-refractivity contribution in [3.8, 4) is 11.5 Å². The summed E-state index contributed by atoms with van der Waals surface area (Å²) in [5.74, 6) is 0.891. The van der Waals surface area contributed by atoms with Gasteiger partial charge >= 0.3 is 0 Å². The lowest BCUT2D eigenvalue weighted by atomic mass is 10.2. The van der Waals surface area contributed by atoms with Crippen LogP contribution in [0.5, 0.6) is 11.5 Å². The first-order chi connectivity index (χ1) is 9.69. The van der Waals surface area contributed by atoms with Gasteiger partial charge in [-0.1, -0.05) is 28.1 Å². The molecule has 0 unspecified atom stereocenters. The SMILES string of the molecule is Fc1cc(Br)cc(Oc2cccc(CNC3CC3)c2)c1. The van der Waals surface area contributed by atoms with Crippen LogP contribution < -0.4 is 10.1 Å². The zero-order valence-electron chi connectivity index (χ0n) is 10.9. The fraction of sp³-hybridized carbons (Fsp3) is 0.250. The maximum atomic E-state index is 13.3. The summed E-state index contributed by atoms with van der Waals surface area (Å²) < 4.78 is 19.7. The Morgan fingerprint density at radius 2 is 2.00 bits per heavy atom. The minimum absolute atomic E-state index is 0.319. The number of nitrogens with one attached hydrogen (secondary N) is 1. The van der Waals surface area contributed by atoms with Gasteiger partial charge in [-0.3, -0.25) is 0 Å². The summed E-state index contributed by atoms with van der Waals surface area (Å²) in [6.07, 6.45) is 2.54. The van der Waals surface area contributed by atoms with Gasteiger partial charge < -0.3 is 10.1 Å². The van der Waals surface area contributed by atoms with Crippen molar-refractivity contribution in [2.45, 2.75) is 25.4 Å². The van der Waals surface area contributed by atoms with E-state index in [0.717, 1.165) is 12.3 Å². The molecule has 0 aromatic heterocycles. The maximum absolute atomic E-state index is 13.3. The molecule has 0 heterocycles. The minimum atomic E-state index is -0.319. The smallest absolute Gasteiger partial charge is 0.131 e. The van der Waals surface area contributed by atoms with Crippen LogP contribution >= 0.6 is 15.9 Å². The molecule has 3 rings (SSSR count). The summed E-state index contributed by atoms with van der Waals surface area (Å²) in [5, 5.41) is 3.46. The lowest BCUT2D eigenvalue weighted by Gasteiger charge is -2.09. The average Bonchev–Trinajstić information content (AvgIpc) is 3.19. The van der Waals surface area contributed by atoms with Crippen molar-refractivity contribution in [3.63, 3.8) is 0 Å². The molecule has 20 heavy (non-hydrogen) atoms. The molecule has 2 aromatic carbocycles. The van der Waals surface area contributed by atoms with Crippen molar-refractivity contribution in [1.82, 2.24) is 5.32 Å². The minimum Gasteiger partial charge on any atom is -0.457 e. The average molecular weight is 336 g/mol. The third kappa shape index (κ3) is 3.81. The molecule has 1 aliphatic carbocycles. The standard InChI is InChI=1S/C16H15BrFNO/c17-12-7-13(18)9-16(8-12)20-15-3-1-2-11(6-15)10-19-14-4-5-14/h1-3,6-9,14,19H,4-5,10H2. The van der Waals surface area contributed by atoms with Crippen molar-refractivity contribution in [3.05, 3.63) is 58.3 Å².